The number of anilines is 1. The van der Waals surface area contributed by atoms with E-state index in [9.17, 15) is 0 Å². The van der Waals surface area contributed by atoms with Gasteiger partial charge in [0.2, 0.25) is 11.8 Å². The third-order valence-corrected chi connectivity index (χ3v) is 5.39. The Morgan fingerprint density at radius 2 is 1.91 bits per heavy atom. The molecule has 0 aliphatic rings. The summed E-state index contributed by atoms with van der Waals surface area (Å²) in [4.78, 5) is 6.42. The predicted octanol–water partition coefficient (Wildman–Crippen LogP) is 5.01. The fraction of sp³-hybridized carbons (Fsp3) is 0.320. The van der Waals surface area contributed by atoms with Gasteiger partial charge in [0.05, 0.1) is 6.54 Å². The first-order valence-electron chi connectivity index (χ1n) is 11.0. The lowest BCUT2D eigenvalue weighted by Gasteiger charge is -2.18. The molecular weight excluding hydrogens is 402 g/mol. The molecule has 0 radical (unpaired) electrons. The monoisotopic (exact) mass is 431 g/mol. The summed E-state index contributed by atoms with van der Waals surface area (Å²) in [7, 11) is 2.01. The molecule has 4 rings (SSSR count). The van der Waals surface area contributed by atoms with Crippen molar-refractivity contribution in [1.82, 2.24) is 19.7 Å². The second-order valence-electron chi connectivity index (χ2n) is 7.79. The molecule has 7 nitrogen and oxygen atoms in total. The Labute approximate surface area is 188 Å². The number of pyridine rings is 1. The third-order valence-electron chi connectivity index (χ3n) is 5.39. The van der Waals surface area contributed by atoms with Crippen LogP contribution in [-0.4, -0.2) is 39.9 Å². The zero-order chi connectivity index (χ0) is 22.3. The number of rotatable bonds is 10. The lowest BCUT2D eigenvalue weighted by molar-refractivity contribution is 0.325. The normalized spacial score (nSPS) is 12.0. The molecule has 0 amide bonds. The fourth-order valence-electron chi connectivity index (χ4n) is 3.44. The summed E-state index contributed by atoms with van der Waals surface area (Å²) >= 11 is 0. The number of nitrogens with zero attached hydrogens (tertiary/aromatic N) is 5. The van der Waals surface area contributed by atoms with Gasteiger partial charge in [0.15, 0.2) is 0 Å². The molecule has 3 aromatic heterocycles. The van der Waals surface area contributed by atoms with E-state index in [1.807, 2.05) is 43.6 Å². The van der Waals surface area contributed by atoms with Crippen LogP contribution in [0.5, 0.6) is 5.75 Å². The van der Waals surface area contributed by atoms with Gasteiger partial charge < -0.3 is 18.6 Å². The summed E-state index contributed by atoms with van der Waals surface area (Å²) in [6, 6.07) is 16.1. The zero-order valence-corrected chi connectivity index (χ0v) is 18.8. The standard InChI is InChI=1S/C25H29N5O2/c1-4-7-24-27-28-25(32-24)19(2)30-15-13-21(18-30)20-9-11-22(12-10-20)31-17-16-29(3)23-8-5-6-14-26-23/h5-6,8-15,18-19H,4,7,16-17H2,1-3H3/t19-/m0/s1. The van der Waals surface area contributed by atoms with Crippen LogP contribution in [0.3, 0.4) is 0 Å². The van der Waals surface area contributed by atoms with Crippen molar-refractivity contribution < 1.29 is 9.15 Å². The number of aryl methyl sites for hydroxylation is 1. The van der Waals surface area contributed by atoms with E-state index in [4.69, 9.17) is 9.15 Å². The van der Waals surface area contributed by atoms with E-state index in [0.29, 0.717) is 18.4 Å². The van der Waals surface area contributed by atoms with Gasteiger partial charge in [-0.15, -0.1) is 10.2 Å². The van der Waals surface area contributed by atoms with Gasteiger partial charge in [0.25, 0.3) is 0 Å². The van der Waals surface area contributed by atoms with Crippen LogP contribution in [0.15, 0.2) is 71.5 Å². The third kappa shape index (κ3) is 5.17. The molecule has 1 aromatic carbocycles. The highest BCUT2D eigenvalue weighted by Gasteiger charge is 2.16. The highest BCUT2D eigenvalue weighted by atomic mass is 16.5. The van der Waals surface area contributed by atoms with Gasteiger partial charge >= 0.3 is 0 Å². The van der Waals surface area contributed by atoms with Crippen LogP contribution in [0.4, 0.5) is 5.82 Å². The molecule has 4 aromatic rings. The second kappa shape index (κ2) is 10.1. The van der Waals surface area contributed by atoms with Crippen LogP contribution < -0.4 is 9.64 Å². The summed E-state index contributed by atoms with van der Waals surface area (Å²) in [6.45, 7) is 5.51. The largest absolute Gasteiger partial charge is 0.492 e. The van der Waals surface area contributed by atoms with E-state index in [1.54, 1.807) is 6.20 Å². The Balaban J connectivity index is 1.33. The van der Waals surface area contributed by atoms with Crippen LogP contribution in [0.25, 0.3) is 11.1 Å². The first-order chi connectivity index (χ1) is 15.6. The maximum atomic E-state index is 5.91. The number of hydrogen-bond donors (Lipinski definition) is 0. The van der Waals surface area contributed by atoms with Crippen LogP contribution >= 0.6 is 0 Å². The Kier molecular flexibility index (Phi) is 6.84. The SMILES string of the molecule is CCCc1nnc([C@H](C)n2ccc(-c3ccc(OCCN(C)c4ccccn4)cc3)c2)o1. The van der Waals surface area contributed by atoms with Crippen molar-refractivity contribution in [3.05, 3.63) is 78.9 Å². The minimum absolute atomic E-state index is 0.0134. The minimum Gasteiger partial charge on any atom is -0.492 e. The Morgan fingerprint density at radius 1 is 1.06 bits per heavy atom. The van der Waals surface area contributed by atoms with Crippen LogP contribution in [-0.2, 0) is 6.42 Å². The molecule has 0 N–H and O–H groups in total. The predicted molar refractivity (Wildman–Crippen MR) is 125 cm³/mol. The average molecular weight is 432 g/mol. The highest BCUT2D eigenvalue weighted by molar-refractivity contribution is 5.63. The summed E-state index contributed by atoms with van der Waals surface area (Å²) in [6.07, 6.45) is 7.74. The van der Waals surface area contributed by atoms with Crippen molar-refractivity contribution in [1.29, 1.82) is 0 Å². The molecule has 0 unspecified atom stereocenters. The lowest BCUT2D eigenvalue weighted by Crippen LogP contribution is -2.24. The minimum atomic E-state index is -0.0134. The Morgan fingerprint density at radius 3 is 2.66 bits per heavy atom. The van der Waals surface area contributed by atoms with Gasteiger partial charge in [0, 0.05) is 32.1 Å². The highest BCUT2D eigenvalue weighted by Crippen LogP contribution is 2.26. The molecule has 0 saturated heterocycles. The van der Waals surface area contributed by atoms with Gasteiger partial charge in [-0.05, 0) is 54.8 Å². The van der Waals surface area contributed by atoms with Crippen LogP contribution in [0, 0.1) is 0 Å². The molecule has 166 valence electrons. The van der Waals surface area contributed by atoms with Gasteiger partial charge in [-0.25, -0.2) is 4.98 Å². The van der Waals surface area contributed by atoms with Crippen molar-refractivity contribution in [2.24, 2.45) is 0 Å². The quantitative estimate of drug-likeness (QED) is 0.352. The van der Waals surface area contributed by atoms with E-state index >= 15 is 0 Å². The first kappa shape index (κ1) is 21.6. The Bertz CT molecular complexity index is 1100. The van der Waals surface area contributed by atoms with Gasteiger partial charge in [-0.1, -0.05) is 25.1 Å². The van der Waals surface area contributed by atoms with Gasteiger partial charge in [0.1, 0.15) is 24.2 Å². The summed E-state index contributed by atoms with van der Waals surface area (Å²) in [5.74, 6) is 3.12. The fourth-order valence-corrected chi connectivity index (χ4v) is 3.44. The van der Waals surface area contributed by atoms with E-state index in [2.05, 4.69) is 62.9 Å². The van der Waals surface area contributed by atoms with E-state index in [-0.39, 0.29) is 6.04 Å². The number of ether oxygens (including phenoxy) is 1. The molecule has 32 heavy (non-hydrogen) atoms. The molecule has 1 atom stereocenters. The molecule has 0 fully saturated rings. The average Bonchev–Trinajstić information content (AvgIpc) is 3.50. The number of aromatic nitrogens is 4. The topological polar surface area (TPSA) is 69.2 Å². The molecular formula is C25H29N5O2. The summed E-state index contributed by atoms with van der Waals surface area (Å²) < 4.78 is 13.8. The molecule has 3 heterocycles. The summed E-state index contributed by atoms with van der Waals surface area (Å²) in [5, 5.41) is 8.33. The van der Waals surface area contributed by atoms with Gasteiger partial charge in [-0.3, -0.25) is 0 Å². The van der Waals surface area contributed by atoms with Crippen molar-refractivity contribution >= 4 is 5.82 Å². The number of benzene rings is 1. The summed E-state index contributed by atoms with van der Waals surface area (Å²) in [5.41, 5.74) is 2.26. The van der Waals surface area contributed by atoms with E-state index in [1.165, 1.54) is 0 Å². The van der Waals surface area contributed by atoms with Crippen molar-refractivity contribution in [2.75, 3.05) is 25.1 Å². The van der Waals surface area contributed by atoms with E-state index in [0.717, 1.165) is 42.1 Å². The first-order valence-corrected chi connectivity index (χ1v) is 11.0. The second-order valence-corrected chi connectivity index (χ2v) is 7.79. The Hall–Kier alpha value is -3.61. The zero-order valence-electron chi connectivity index (χ0n) is 18.8. The lowest BCUT2D eigenvalue weighted by atomic mass is 10.1. The number of likely N-dealkylation sites (N-methyl/N-ethyl adjacent to an activating group) is 1. The van der Waals surface area contributed by atoms with Crippen LogP contribution in [0.1, 0.15) is 38.1 Å². The molecule has 0 spiro atoms. The van der Waals surface area contributed by atoms with E-state index < -0.39 is 0 Å². The molecule has 0 saturated carbocycles. The van der Waals surface area contributed by atoms with Crippen molar-refractivity contribution in [3.8, 4) is 16.9 Å². The van der Waals surface area contributed by atoms with Crippen molar-refractivity contribution in [3.63, 3.8) is 0 Å². The smallest absolute Gasteiger partial charge is 0.238 e. The molecule has 7 heteroatoms. The number of hydrogen-bond acceptors (Lipinski definition) is 6. The maximum Gasteiger partial charge on any atom is 0.238 e. The van der Waals surface area contributed by atoms with Crippen LogP contribution in [0.2, 0.25) is 0 Å². The molecule has 0 aliphatic carbocycles. The maximum absolute atomic E-state index is 5.91. The molecule has 0 bridgehead atoms. The van der Waals surface area contributed by atoms with Crippen molar-refractivity contribution in [2.45, 2.75) is 32.7 Å². The molecule has 0 aliphatic heterocycles. The van der Waals surface area contributed by atoms with Gasteiger partial charge in [-0.2, -0.15) is 0 Å².